The van der Waals surface area contributed by atoms with Crippen molar-refractivity contribution in [2.24, 2.45) is 0 Å². The number of pyridine rings is 1. The van der Waals surface area contributed by atoms with Gasteiger partial charge >= 0.3 is 0 Å². The van der Waals surface area contributed by atoms with Gasteiger partial charge in [0.15, 0.2) is 0 Å². The Balaban J connectivity index is 1.70. The zero-order valence-corrected chi connectivity index (χ0v) is 13.9. The number of H-pyrrole nitrogens is 1. The Morgan fingerprint density at radius 1 is 1.16 bits per heavy atom. The molecule has 1 atom stereocenters. The fraction of sp³-hybridized carbons (Fsp3) is 0.176. The molecular weight excluding hydrogens is 338 g/mol. The second kappa shape index (κ2) is 5.56. The number of anilines is 1. The number of nitrogens with one attached hydrogen (secondary N) is 1. The highest BCUT2D eigenvalue weighted by Gasteiger charge is 2.34. The quantitative estimate of drug-likeness (QED) is 0.601. The summed E-state index contributed by atoms with van der Waals surface area (Å²) in [6, 6.07) is 7.40. The van der Waals surface area contributed by atoms with Crippen molar-refractivity contribution in [3.05, 3.63) is 71.3 Å². The molecule has 0 unspecified atom stereocenters. The van der Waals surface area contributed by atoms with Crippen molar-refractivity contribution in [3.8, 4) is 0 Å². The van der Waals surface area contributed by atoms with Gasteiger partial charge in [0.05, 0.1) is 28.3 Å². The second-order valence-corrected chi connectivity index (χ2v) is 6.32. The van der Waals surface area contributed by atoms with Crippen molar-refractivity contribution in [1.29, 1.82) is 0 Å². The Morgan fingerprint density at radius 3 is 2.88 bits per heavy atom. The van der Waals surface area contributed by atoms with E-state index in [9.17, 15) is 0 Å². The Bertz CT molecular complexity index is 1040. The fourth-order valence-corrected chi connectivity index (χ4v) is 3.58. The molecule has 25 heavy (non-hydrogen) atoms. The normalized spacial score (nSPS) is 17.0. The molecule has 0 radical (unpaired) electrons. The summed E-state index contributed by atoms with van der Waals surface area (Å²) in [5.41, 5.74) is 3.82. The average Bonchev–Trinajstić information content (AvgIpc) is 3.29. The molecule has 1 N–H and O–H groups in total. The largest absolute Gasteiger partial charge is 0.348 e. The molecule has 0 spiro atoms. The molecule has 4 aromatic heterocycles. The minimum Gasteiger partial charge on any atom is -0.348 e. The maximum atomic E-state index is 6.32. The molecule has 7 nitrogen and oxygen atoms in total. The molecule has 124 valence electrons. The van der Waals surface area contributed by atoms with Crippen molar-refractivity contribution >= 4 is 23.1 Å². The standard InChI is InChI=1S/C17H14ClN7/c18-11-3-1-7-25-14(11)9-13(23-25)16-15-12(21-10-22-15)4-8-24(16)17-19-5-2-6-20-17/h1-3,5-7,9-10,16H,4,8H2,(H,21,22)/t16-/m0/s1. The highest BCUT2D eigenvalue weighted by Crippen LogP contribution is 2.35. The van der Waals surface area contributed by atoms with E-state index in [0.717, 1.165) is 35.6 Å². The number of hydrogen-bond donors (Lipinski definition) is 1. The van der Waals surface area contributed by atoms with E-state index in [0.29, 0.717) is 11.0 Å². The predicted octanol–water partition coefficient (Wildman–Crippen LogP) is 2.65. The Labute approximate surface area is 148 Å². The molecule has 4 aromatic rings. The predicted molar refractivity (Wildman–Crippen MR) is 93.7 cm³/mol. The van der Waals surface area contributed by atoms with Crippen LogP contribution in [0, 0.1) is 0 Å². The number of halogens is 1. The van der Waals surface area contributed by atoms with Gasteiger partial charge in [-0.15, -0.1) is 0 Å². The fourth-order valence-electron chi connectivity index (χ4n) is 3.36. The smallest absolute Gasteiger partial charge is 0.226 e. The second-order valence-electron chi connectivity index (χ2n) is 5.92. The summed E-state index contributed by atoms with van der Waals surface area (Å²) < 4.78 is 1.79. The van der Waals surface area contributed by atoms with E-state index in [-0.39, 0.29) is 6.04 Å². The van der Waals surface area contributed by atoms with Crippen molar-refractivity contribution < 1.29 is 0 Å². The van der Waals surface area contributed by atoms with Crippen LogP contribution in [0.4, 0.5) is 5.95 Å². The third kappa shape index (κ3) is 2.27. The molecule has 0 bridgehead atoms. The lowest BCUT2D eigenvalue weighted by molar-refractivity contribution is 0.602. The van der Waals surface area contributed by atoms with E-state index in [1.54, 1.807) is 23.2 Å². The van der Waals surface area contributed by atoms with Crippen LogP contribution in [0.1, 0.15) is 23.1 Å². The number of rotatable bonds is 2. The monoisotopic (exact) mass is 351 g/mol. The first-order valence-electron chi connectivity index (χ1n) is 8.01. The van der Waals surface area contributed by atoms with Crippen LogP contribution in [0.25, 0.3) is 5.52 Å². The van der Waals surface area contributed by atoms with E-state index in [1.807, 2.05) is 30.5 Å². The van der Waals surface area contributed by atoms with Gasteiger partial charge in [-0.2, -0.15) is 5.10 Å². The zero-order valence-electron chi connectivity index (χ0n) is 13.2. The van der Waals surface area contributed by atoms with Crippen LogP contribution in [0.3, 0.4) is 0 Å². The lowest BCUT2D eigenvalue weighted by Gasteiger charge is -2.33. The van der Waals surface area contributed by atoms with Crippen molar-refractivity contribution in [1.82, 2.24) is 29.5 Å². The molecule has 5 heterocycles. The molecular formula is C17H14ClN7. The molecule has 0 amide bonds. The van der Waals surface area contributed by atoms with E-state index in [4.69, 9.17) is 16.7 Å². The Kier molecular flexibility index (Phi) is 3.21. The minimum absolute atomic E-state index is 0.159. The summed E-state index contributed by atoms with van der Waals surface area (Å²) in [6.07, 6.45) is 7.98. The topological polar surface area (TPSA) is 75.0 Å². The van der Waals surface area contributed by atoms with Crippen LogP contribution in [0.15, 0.2) is 49.2 Å². The van der Waals surface area contributed by atoms with Crippen molar-refractivity contribution in [3.63, 3.8) is 0 Å². The van der Waals surface area contributed by atoms with Gasteiger partial charge in [0.25, 0.3) is 0 Å². The number of aromatic nitrogens is 6. The van der Waals surface area contributed by atoms with E-state index >= 15 is 0 Å². The summed E-state index contributed by atoms with van der Waals surface area (Å²) >= 11 is 6.32. The first-order valence-corrected chi connectivity index (χ1v) is 8.38. The van der Waals surface area contributed by atoms with Gasteiger partial charge < -0.3 is 9.88 Å². The van der Waals surface area contributed by atoms with Crippen LogP contribution >= 0.6 is 11.6 Å². The lowest BCUT2D eigenvalue weighted by atomic mass is 10.0. The van der Waals surface area contributed by atoms with Crippen molar-refractivity contribution in [2.45, 2.75) is 12.5 Å². The maximum absolute atomic E-state index is 6.32. The van der Waals surface area contributed by atoms with Crippen LogP contribution in [-0.4, -0.2) is 36.1 Å². The van der Waals surface area contributed by atoms with Crippen LogP contribution in [0.5, 0.6) is 0 Å². The Morgan fingerprint density at radius 2 is 2.04 bits per heavy atom. The summed E-state index contributed by atoms with van der Waals surface area (Å²) in [5, 5.41) is 5.40. The highest BCUT2D eigenvalue weighted by molar-refractivity contribution is 6.33. The minimum atomic E-state index is -0.159. The van der Waals surface area contributed by atoms with Crippen LogP contribution in [-0.2, 0) is 6.42 Å². The summed E-state index contributed by atoms with van der Waals surface area (Å²) in [7, 11) is 0. The molecule has 0 aromatic carbocycles. The molecule has 1 aliphatic rings. The van der Waals surface area contributed by atoms with Gasteiger partial charge in [-0.25, -0.2) is 19.5 Å². The molecule has 5 rings (SSSR count). The first-order chi connectivity index (χ1) is 12.3. The summed E-state index contributed by atoms with van der Waals surface area (Å²) in [4.78, 5) is 18.8. The third-order valence-corrected chi connectivity index (χ3v) is 4.80. The summed E-state index contributed by atoms with van der Waals surface area (Å²) in [5.74, 6) is 0.671. The molecule has 0 saturated carbocycles. The maximum Gasteiger partial charge on any atom is 0.226 e. The van der Waals surface area contributed by atoms with Crippen LogP contribution in [0.2, 0.25) is 5.02 Å². The van der Waals surface area contributed by atoms with Gasteiger partial charge in [0.1, 0.15) is 6.04 Å². The van der Waals surface area contributed by atoms with Crippen molar-refractivity contribution in [2.75, 3.05) is 11.4 Å². The molecule has 8 heteroatoms. The van der Waals surface area contributed by atoms with E-state index in [2.05, 4.69) is 24.8 Å². The van der Waals surface area contributed by atoms with Gasteiger partial charge in [0, 0.05) is 37.3 Å². The number of fused-ring (bicyclic) bond motifs is 2. The zero-order chi connectivity index (χ0) is 16.8. The molecule has 1 aliphatic heterocycles. The van der Waals surface area contributed by atoms with Gasteiger partial charge in [0.2, 0.25) is 5.95 Å². The SMILES string of the molecule is Clc1cccn2nc([C@H]3c4nc[nH]c4CCN3c3ncccn3)cc12. The van der Waals surface area contributed by atoms with Crippen LogP contribution < -0.4 is 4.90 Å². The number of aromatic amines is 1. The molecule has 0 fully saturated rings. The number of nitrogens with zero attached hydrogens (tertiary/aromatic N) is 6. The lowest BCUT2D eigenvalue weighted by Crippen LogP contribution is -2.37. The van der Waals surface area contributed by atoms with Gasteiger partial charge in [-0.05, 0) is 24.3 Å². The van der Waals surface area contributed by atoms with E-state index < -0.39 is 0 Å². The third-order valence-electron chi connectivity index (χ3n) is 4.48. The van der Waals surface area contributed by atoms with E-state index in [1.165, 1.54) is 0 Å². The first kappa shape index (κ1) is 14.4. The average molecular weight is 352 g/mol. The number of hydrogen-bond acceptors (Lipinski definition) is 5. The van der Waals surface area contributed by atoms with Gasteiger partial charge in [-0.1, -0.05) is 11.6 Å². The van der Waals surface area contributed by atoms with Gasteiger partial charge in [-0.3, -0.25) is 0 Å². The molecule has 0 aliphatic carbocycles. The Hall–Kier alpha value is -2.93. The summed E-state index contributed by atoms with van der Waals surface area (Å²) in [6.45, 7) is 0.783. The number of imidazole rings is 1. The highest BCUT2D eigenvalue weighted by atomic mass is 35.5. The molecule has 0 saturated heterocycles.